The molecule has 5 nitrogen and oxygen atoms in total. The number of carbonyl (C=O) groups excluding carboxylic acids is 2. The number of primary amides is 1. The van der Waals surface area contributed by atoms with Crippen LogP contribution in [0.5, 0.6) is 0 Å². The molecule has 0 radical (unpaired) electrons. The monoisotopic (exact) mass is 355 g/mol. The highest BCUT2D eigenvalue weighted by atomic mass is 19.1. The summed E-state index contributed by atoms with van der Waals surface area (Å²) in [6.45, 7) is 2.24. The number of carbonyl (C=O) groups is 2. The maximum Gasteiger partial charge on any atom is 0.239 e. The van der Waals surface area contributed by atoms with Crippen molar-refractivity contribution < 1.29 is 14.0 Å². The van der Waals surface area contributed by atoms with E-state index in [0.29, 0.717) is 26.2 Å². The number of rotatable bonds is 5. The predicted octanol–water partition coefficient (Wildman–Crippen LogP) is 1.74. The molecular weight excluding hydrogens is 333 g/mol. The number of halogens is 1. The summed E-state index contributed by atoms with van der Waals surface area (Å²) in [5, 5.41) is 0. The lowest BCUT2D eigenvalue weighted by Gasteiger charge is -2.38. The normalized spacial score (nSPS) is 16.3. The summed E-state index contributed by atoms with van der Waals surface area (Å²) < 4.78 is 13.0. The summed E-state index contributed by atoms with van der Waals surface area (Å²) >= 11 is 0. The molecule has 1 unspecified atom stereocenters. The molecule has 0 saturated carbocycles. The molecule has 1 atom stereocenters. The van der Waals surface area contributed by atoms with Crippen LogP contribution in [-0.2, 0) is 16.0 Å². The molecule has 26 heavy (non-hydrogen) atoms. The van der Waals surface area contributed by atoms with Crippen molar-refractivity contribution in [3.63, 3.8) is 0 Å². The third-order valence-corrected chi connectivity index (χ3v) is 4.69. The van der Waals surface area contributed by atoms with E-state index >= 15 is 0 Å². The number of nitrogens with zero attached hydrogens (tertiary/aromatic N) is 2. The van der Waals surface area contributed by atoms with Crippen molar-refractivity contribution >= 4 is 11.8 Å². The lowest BCUT2D eigenvalue weighted by atomic mass is 10.0. The van der Waals surface area contributed by atoms with Gasteiger partial charge in [-0.2, -0.15) is 0 Å². The largest absolute Gasteiger partial charge is 0.368 e. The maximum atomic E-state index is 13.0. The van der Waals surface area contributed by atoms with Crippen molar-refractivity contribution in [2.45, 2.75) is 12.5 Å². The third-order valence-electron chi connectivity index (χ3n) is 4.69. The number of amides is 2. The SMILES string of the molecule is NC(=O)C(c1ccccc1)N1CCN(C(=O)Cc2ccc(F)cc2)CC1. The van der Waals surface area contributed by atoms with Gasteiger partial charge >= 0.3 is 0 Å². The van der Waals surface area contributed by atoms with Crippen molar-refractivity contribution in [2.24, 2.45) is 5.73 Å². The second-order valence-electron chi connectivity index (χ2n) is 6.44. The van der Waals surface area contributed by atoms with Crippen LogP contribution < -0.4 is 5.73 Å². The fraction of sp³-hybridized carbons (Fsp3) is 0.300. The Balaban J connectivity index is 1.60. The number of hydrogen-bond acceptors (Lipinski definition) is 3. The lowest BCUT2D eigenvalue weighted by molar-refractivity contribution is -0.133. The number of piperazine rings is 1. The van der Waals surface area contributed by atoms with Gasteiger partial charge in [0.2, 0.25) is 11.8 Å². The molecule has 2 amide bonds. The molecule has 2 N–H and O–H groups in total. The fourth-order valence-electron chi connectivity index (χ4n) is 3.31. The Bertz CT molecular complexity index is 756. The van der Waals surface area contributed by atoms with Crippen LogP contribution in [0.2, 0.25) is 0 Å². The zero-order valence-electron chi connectivity index (χ0n) is 14.5. The molecule has 1 heterocycles. The van der Waals surface area contributed by atoms with Gasteiger partial charge in [-0.15, -0.1) is 0 Å². The number of benzene rings is 2. The first-order valence-electron chi connectivity index (χ1n) is 8.65. The van der Waals surface area contributed by atoms with Crippen LogP contribution in [0.1, 0.15) is 17.2 Å². The van der Waals surface area contributed by atoms with Crippen LogP contribution in [0.25, 0.3) is 0 Å². The van der Waals surface area contributed by atoms with Crippen molar-refractivity contribution in [1.29, 1.82) is 0 Å². The number of nitrogens with two attached hydrogens (primary N) is 1. The molecule has 0 aromatic heterocycles. The van der Waals surface area contributed by atoms with Gasteiger partial charge in [-0.05, 0) is 23.3 Å². The van der Waals surface area contributed by atoms with Crippen molar-refractivity contribution in [3.8, 4) is 0 Å². The first-order valence-corrected chi connectivity index (χ1v) is 8.65. The number of hydrogen-bond donors (Lipinski definition) is 1. The topological polar surface area (TPSA) is 66.6 Å². The maximum absolute atomic E-state index is 13.0. The van der Waals surface area contributed by atoms with E-state index in [1.54, 1.807) is 17.0 Å². The second-order valence-corrected chi connectivity index (χ2v) is 6.44. The van der Waals surface area contributed by atoms with Crippen molar-refractivity contribution in [3.05, 3.63) is 71.5 Å². The molecule has 1 fully saturated rings. The van der Waals surface area contributed by atoms with Gasteiger partial charge in [0.1, 0.15) is 11.9 Å². The third kappa shape index (κ3) is 4.26. The molecule has 1 saturated heterocycles. The van der Waals surface area contributed by atoms with Gasteiger partial charge in [0, 0.05) is 26.2 Å². The molecule has 2 aromatic rings. The van der Waals surface area contributed by atoms with Crippen LogP contribution in [0.15, 0.2) is 54.6 Å². The smallest absolute Gasteiger partial charge is 0.239 e. The van der Waals surface area contributed by atoms with Crippen LogP contribution in [0, 0.1) is 5.82 Å². The molecule has 2 aromatic carbocycles. The molecular formula is C20H22FN3O2. The summed E-state index contributed by atoms with van der Waals surface area (Å²) in [4.78, 5) is 28.2. The van der Waals surface area contributed by atoms with Crippen LogP contribution in [0.3, 0.4) is 0 Å². The molecule has 0 spiro atoms. The Morgan fingerprint density at radius 3 is 2.15 bits per heavy atom. The highest BCUT2D eigenvalue weighted by Crippen LogP contribution is 2.22. The van der Waals surface area contributed by atoms with Crippen molar-refractivity contribution in [1.82, 2.24) is 9.80 Å². The first kappa shape index (κ1) is 18.1. The van der Waals surface area contributed by atoms with E-state index in [9.17, 15) is 14.0 Å². The summed E-state index contributed by atoms with van der Waals surface area (Å²) in [6, 6.07) is 14.9. The fourth-order valence-corrected chi connectivity index (χ4v) is 3.31. The standard InChI is InChI=1S/C20H22FN3O2/c21-17-8-6-15(7-9-17)14-18(25)23-10-12-24(13-11-23)19(20(22)26)16-4-2-1-3-5-16/h1-9,19H,10-14H2,(H2,22,26). The molecule has 136 valence electrons. The second kappa shape index (κ2) is 8.10. The van der Waals surface area contributed by atoms with Gasteiger partial charge in [-0.25, -0.2) is 4.39 Å². The van der Waals surface area contributed by atoms with E-state index < -0.39 is 6.04 Å². The molecule has 6 heteroatoms. The van der Waals surface area contributed by atoms with Gasteiger partial charge < -0.3 is 10.6 Å². The Labute approximate surface area is 152 Å². The van der Waals surface area contributed by atoms with Gasteiger partial charge in [0.15, 0.2) is 0 Å². The van der Waals surface area contributed by atoms with E-state index in [1.807, 2.05) is 35.2 Å². The summed E-state index contributed by atoms with van der Waals surface area (Å²) in [5.41, 5.74) is 7.27. The molecule has 3 rings (SSSR count). The zero-order chi connectivity index (χ0) is 18.5. The zero-order valence-corrected chi connectivity index (χ0v) is 14.5. The Kier molecular flexibility index (Phi) is 5.63. The van der Waals surface area contributed by atoms with Gasteiger partial charge in [-0.3, -0.25) is 14.5 Å². The van der Waals surface area contributed by atoms with Crippen molar-refractivity contribution in [2.75, 3.05) is 26.2 Å². The van der Waals surface area contributed by atoms with Crippen LogP contribution in [-0.4, -0.2) is 47.8 Å². The van der Waals surface area contributed by atoms with Gasteiger partial charge in [0.25, 0.3) is 0 Å². The average molecular weight is 355 g/mol. The minimum Gasteiger partial charge on any atom is -0.368 e. The Morgan fingerprint density at radius 2 is 1.58 bits per heavy atom. The van der Waals surface area contributed by atoms with Crippen LogP contribution >= 0.6 is 0 Å². The molecule has 1 aliphatic rings. The highest BCUT2D eigenvalue weighted by Gasteiger charge is 2.30. The summed E-state index contributed by atoms with van der Waals surface area (Å²) in [6.07, 6.45) is 0.248. The van der Waals surface area contributed by atoms with E-state index in [4.69, 9.17) is 5.73 Å². The minimum absolute atomic E-state index is 0.00611. The molecule has 0 bridgehead atoms. The van der Waals surface area contributed by atoms with E-state index in [0.717, 1.165) is 11.1 Å². The lowest BCUT2D eigenvalue weighted by Crippen LogP contribution is -2.52. The van der Waals surface area contributed by atoms with Crippen LogP contribution in [0.4, 0.5) is 4.39 Å². The highest BCUT2D eigenvalue weighted by molar-refractivity contribution is 5.81. The van der Waals surface area contributed by atoms with E-state index in [-0.39, 0.29) is 24.1 Å². The molecule has 0 aliphatic carbocycles. The minimum atomic E-state index is -0.481. The summed E-state index contributed by atoms with van der Waals surface area (Å²) in [7, 11) is 0. The quantitative estimate of drug-likeness (QED) is 0.888. The average Bonchev–Trinajstić information content (AvgIpc) is 2.65. The van der Waals surface area contributed by atoms with E-state index in [1.165, 1.54) is 12.1 Å². The van der Waals surface area contributed by atoms with Gasteiger partial charge in [-0.1, -0.05) is 42.5 Å². The Hall–Kier alpha value is -2.73. The Morgan fingerprint density at radius 1 is 0.962 bits per heavy atom. The predicted molar refractivity (Wildman–Crippen MR) is 96.6 cm³/mol. The van der Waals surface area contributed by atoms with E-state index in [2.05, 4.69) is 0 Å². The van der Waals surface area contributed by atoms with Gasteiger partial charge in [0.05, 0.1) is 6.42 Å². The summed E-state index contributed by atoms with van der Waals surface area (Å²) in [5.74, 6) is -0.692. The molecule has 1 aliphatic heterocycles. The first-order chi connectivity index (χ1) is 12.5.